The average Bonchev–Trinajstić information content (AvgIpc) is 2.95. The maximum absolute atomic E-state index is 13.7. The summed E-state index contributed by atoms with van der Waals surface area (Å²) in [6, 6.07) is 29.1. The Balaban J connectivity index is 1.41. The molecular weight excluding hydrogens is 513 g/mol. The van der Waals surface area contributed by atoms with Crippen LogP contribution < -0.4 is 16.0 Å². The van der Waals surface area contributed by atoms with Gasteiger partial charge >= 0.3 is 0 Å². The Morgan fingerprint density at radius 1 is 0.795 bits per heavy atom. The number of thioether (sulfide) groups is 1. The SMILES string of the molecule is Cc1ccccc1/C=C(\NC(=O)c1ccccc1)C(=O)Nc1ccc(SCC(=O)Nc2ccccc2F)cc1. The van der Waals surface area contributed by atoms with E-state index in [2.05, 4.69) is 16.0 Å². The Morgan fingerprint density at radius 2 is 1.46 bits per heavy atom. The van der Waals surface area contributed by atoms with Gasteiger partial charge in [0, 0.05) is 16.1 Å². The Morgan fingerprint density at radius 3 is 2.18 bits per heavy atom. The fraction of sp³-hybridized carbons (Fsp3) is 0.0645. The number of hydrogen-bond acceptors (Lipinski definition) is 4. The summed E-state index contributed by atoms with van der Waals surface area (Å²) in [5.41, 5.74) is 2.94. The van der Waals surface area contributed by atoms with Gasteiger partial charge in [0.2, 0.25) is 5.91 Å². The van der Waals surface area contributed by atoms with E-state index in [9.17, 15) is 18.8 Å². The number of nitrogens with one attached hydrogen (secondary N) is 3. The molecule has 0 heterocycles. The van der Waals surface area contributed by atoms with Gasteiger partial charge in [0.05, 0.1) is 11.4 Å². The van der Waals surface area contributed by atoms with Crippen molar-refractivity contribution in [2.75, 3.05) is 16.4 Å². The van der Waals surface area contributed by atoms with Crippen LogP contribution in [0, 0.1) is 12.7 Å². The van der Waals surface area contributed by atoms with Crippen LogP contribution >= 0.6 is 11.8 Å². The highest BCUT2D eigenvalue weighted by Gasteiger charge is 2.16. The molecule has 0 saturated heterocycles. The van der Waals surface area contributed by atoms with E-state index in [0.29, 0.717) is 11.3 Å². The number of halogens is 1. The van der Waals surface area contributed by atoms with Gasteiger partial charge in [-0.2, -0.15) is 0 Å². The quantitative estimate of drug-likeness (QED) is 0.173. The van der Waals surface area contributed by atoms with E-state index in [1.165, 1.54) is 23.9 Å². The first kappa shape index (κ1) is 27.3. The molecule has 8 heteroatoms. The molecule has 0 atom stereocenters. The number of benzene rings is 4. The van der Waals surface area contributed by atoms with Crippen molar-refractivity contribution in [2.24, 2.45) is 0 Å². The second kappa shape index (κ2) is 13.2. The standard InChI is InChI=1S/C31H26FN3O3S/c1-21-9-5-6-12-23(21)19-28(35-30(37)22-10-3-2-4-11-22)31(38)33-24-15-17-25(18-16-24)39-20-29(36)34-27-14-8-7-13-26(27)32/h2-19H,20H2,1H3,(H,33,38)(H,34,36)(H,35,37)/b28-19-. The molecule has 4 aromatic carbocycles. The van der Waals surface area contributed by atoms with E-state index in [-0.39, 0.29) is 23.0 Å². The smallest absolute Gasteiger partial charge is 0.272 e. The maximum Gasteiger partial charge on any atom is 0.272 e. The van der Waals surface area contributed by atoms with Crippen LogP contribution in [0.4, 0.5) is 15.8 Å². The van der Waals surface area contributed by atoms with E-state index in [1.807, 2.05) is 37.3 Å². The lowest BCUT2D eigenvalue weighted by Gasteiger charge is -2.12. The first-order valence-electron chi connectivity index (χ1n) is 12.1. The summed E-state index contributed by atoms with van der Waals surface area (Å²) < 4.78 is 13.7. The van der Waals surface area contributed by atoms with Crippen LogP contribution in [0.2, 0.25) is 0 Å². The van der Waals surface area contributed by atoms with Crippen molar-refractivity contribution in [3.63, 3.8) is 0 Å². The third kappa shape index (κ3) is 7.90. The Labute approximate surface area is 230 Å². The summed E-state index contributed by atoms with van der Waals surface area (Å²) in [6.45, 7) is 1.92. The van der Waals surface area contributed by atoms with Crippen LogP contribution in [0.5, 0.6) is 0 Å². The van der Waals surface area contributed by atoms with Crippen molar-refractivity contribution in [2.45, 2.75) is 11.8 Å². The van der Waals surface area contributed by atoms with Gasteiger partial charge in [0.25, 0.3) is 11.8 Å². The van der Waals surface area contributed by atoms with Gasteiger partial charge in [-0.05, 0) is 72.7 Å². The normalized spacial score (nSPS) is 11.0. The van der Waals surface area contributed by atoms with Crippen molar-refractivity contribution in [1.82, 2.24) is 5.32 Å². The van der Waals surface area contributed by atoms with Gasteiger partial charge in [-0.1, -0.05) is 54.6 Å². The van der Waals surface area contributed by atoms with Gasteiger partial charge in [-0.15, -0.1) is 11.8 Å². The second-order valence-electron chi connectivity index (χ2n) is 8.53. The fourth-order valence-corrected chi connectivity index (χ4v) is 4.28. The zero-order valence-corrected chi connectivity index (χ0v) is 21.9. The Kier molecular flexibility index (Phi) is 9.26. The minimum atomic E-state index is -0.494. The number of anilines is 2. The molecule has 6 nitrogen and oxygen atoms in total. The number of amides is 3. The molecule has 3 N–H and O–H groups in total. The van der Waals surface area contributed by atoms with E-state index in [1.54, 1.807) is 66.7 Å². The molecule has 0 bridgehead atoms. The minimum Gasteiger partial charge on any atom is -0.323 e. The van der Waals surface area contributed by atoms with Crippen LogP contribution in [0.1, 0.15) is 21.5 Å². The third-order valence-electron chi connectivity index (χ3n) is 5.65. The van der Waals surface area contributed by atoms with Crippen LogP contribution in [0.3, 0.4) is 0 Å². The summed E-state index contributed by atoms with van der Waals surface area (Å²) in [4.78, 5) is 39.0. The van der Waals surface area contributed by atoms with E-state index < -0.39 is 17.6 Å². The highest BCUT2D eigenvalue weighted by molar-refractivity contribution is 8.00. The van der Waals surface area contributed by atoms with Gasteiger partial charge in [-0.3, -0.25) is 14.4 Å². The summed E-state index contributed by atoms with van der Waals surface area (Å²) in [6.07, 6.45) is 1.64. The first-order valence-corrected chi connectivity index (χ1v) is 13.1. The van der Waals surface area contributed by atoms with Gasteiger partial charge in [0.15, 0.2) is 0 Å². The lowest BCUT2D eigenvalue weighted by molar-refractivity contribution is -0.114. The fourth-order valence-electron chi connectivity index (χ4n) is 3.58. The Hall–Kier alpha value is -4.69. The highest BCUT2D eigenvalue weighted by Crippen LogP contribution is 2.22. The minimum absolute atomic E-state index is 0.0921. The van der Waals surface area contributed by atoms with E-state index in [0.717, 1.165) is 16.0 Å². The van der Waals surface area contributed by atoms with Crippen LogP contribution in [0.15, 0.2) is 114 Å². The Bertz CT molecular complexity index is 1510. The van der Waals surface area contributed by atoms with E-state index >= 15 is 0 Å². The molecular formula is C31H26FN3O3S. The largest absolute Gasteiger partial charge is 0.323 e. The first-order chi connectivity index (χ1) is 18.9. The number of hydrogen-bond donors (Lipinski definition) is 3. The summed E-state index contributed by atoms with van der Waals surface area (Å²) in [5, 5.41) is 8.10. The molecule has 0 aliphatic carbocycles. The van der Waals surface area contributed by atoms with Gasteiger partial charge in [0.1, 0.15) is 11.5 Å². The molecule has 0 aliphatic heterocycles. The number of para-hydroxylation sites is 1. The summed E-state index contributed by atoms with van der Waals surface area (Å²) >= 11 is 1.28. The van der Waals surface area contributed by atoms with Crippen molar-refractivity contribution < 1.29 is 18.8 Å². The van der Waals surface area contributed by atoms with Crippen LogP contribution in [-0.4, -0.2) is 23.5 Å². The number of aryl methyl sites for hydroxylation is 1. The molecule has 0 spiro atoms. The molecule has 3 amide bonds. The second-order valence-corrected chi connectivity index (χ2v) is 9.58. The van der Waals surface area contributed by atoms with Gasteiger partial charge in [-0.25, -0.2) is 4.39 Å². The van der Waals surface area contributed by atoms with Crippen LogP contribution in [0.25, 0.3) is 6.08 Å². The molecule has 0 unspecified atom stereocenters. The molecule has 39 heavy (non-hydrogen) atoms. The lowest BCUT2D eigenvalue weighted by atomic mass is 10.1. The van der Waals surface area contributed by atoms with Crippen LogP contribution in [-0.2, 0) is 9.59 Å². The monoisotopic (exact) mass is 539 g/mol. The molecule has 196 valence electrons. The average molecular weight is 540 g/mol. The number of rotatable bonds is 9. The third-order valence-corrected chi connectivity index (χ3v) is 6.66. The van der Waals surface area contributed by atoms with Gasteiger partial charge < -0.3 is 16.0 Å². The molecule has 0 saturated carbocycles. The highest BCUT2D eigenvalue weighted by atomic mass is 32.2. The topological polar surface area (TPSA) is 87.3 Å². The zero-order chi connectivity index (χ0) is 27.6. The molecule has 0 fully saturated rings. The maximum atomic E-state index is 13.7. The zero-order valence-electron chi connectivity index (χ0n) is 21.1. The predicted octanol–water partition coefficient (Wildman–Crippen LogP) is 6.27. The predicted molar refractivity (Wildman–Crippen MR) is 154 cm³/mol. The lowest BCUT2D eigenvalue weighted by Crippen LogP contribution is -2.30. The van der Waals surface area contributed by atoms with Crippen molar-refractivity contribution in [1.29, 1.82) is 0 Å². The molecule has 0 aromatic heterocycles. The van der Waals surface area contributed by atoms with Crippen molar-refractivity contribution >= 4 is 46.9 Å². The van der Waals surface area contributed by atoms with E-state index in [4.69, 9.17) is 0 Å². The van der Waals surface area contributed by atoms with Crippen molar-refractivity contribution in [3.8, 4) is 0 Å². The van der Waals surface area contributed by atoms with Crippen molar-refractivity contribution in [3.05, 3.63) is 131 Å². The summed E-state index contributed by atoms with van der Waals surface area (Å²) in [5.74, 6) is -1.61. The molecule has 4 aromatic rings. The molecule has 0 aliphatic rings. The number of carbonyl (C=O) groups is 3. The molecule has 0 radical (unpaired) electrons. The number of carbonyl (C=O) groups excluding carboxylic acids is 3. The summed E-state index contributed by atoms with van der Waals surface area (Å²) in [7, 11) is 0. The molecule has 4 rings (SSSR count).